The number of amides is 1. The predicted molar refractivity (Wildman–Crippen MR) is 126 cm³/mol. The summed E-state index contributed by atoms with van der Waals surface area (Å²) >= 11 is 9.76. The van der Waals surface area contributed by atoms with E-state index in [-0.39, 0.29) is 17.9 Å². The molecule has 1 saturated heterocycles. The van der Waals surface area contributed by atoms with E-state index in [4.69, 9.17) is 21.1 Å². The Hall–Kier alpha value is -2.25. The van der Waals surface area contributed by atoms with E-state index >= 15 is 0 Å². The van der Waals surface area contributed by atoms with E-state index < -0.39 is 0 Å². The zero-order valence-corrected chi connectivity index (χ0v) is 20.5. The van der Waals surface area contributed by atoms with Crippen LogP contribution in [0.2, 0.25) is 5.02 Å². The van der Waals surface area contributed by atoms with Gasteiger partial charge in [0.2, 0.25) is 5.91 Å². The minimum Gasteiger partial charge on any atom is -0.497 e. The maximum absolute atomic E-state index is 12.6. The first-order valence-electron chi connectivity index (χ1n) is 10.3. The van der Waals surface area contributed by atoms with Gasteiger partial charge in [0, 0.05) is 36.1 Å². The molecule has 0 spiro atoms. The Morgan fingerprint density at radius 2 is 2.00 bits per heavy atom. The van der Waals surface area contributed by atoms with Crippen LogP contribution >= 0.6 is 27.5 Å². The van der Waals surface area contributed by atoms with Crippen LogP contribution in [0, 0.1) is 5.92 Å². The van der Waals surface area contributed by atoms with Crippen LogP contribution in [-0.4, -0.2) is 40.2 Å². The molecule has 1 aliphatic rings. The van der Waals surface area contributed by atoms with Crippen LogP contribution in [0.1, 0.15) is 32.8 Å². The van der Waals surface area contributed by atoms with Crippen LogP contribution in [0.15, 0.2) is 47.2 Å². The average molecular weight is 509 g/mol. The number of hydrogen-bond donors (Lipinski definition) is 0. The number of fused-ring (bicyclic) bond motifs is 1. The number of ether oxygens (including phenoxy) is 2. The molecule has 1 fully saturated rings. The molecule has 0 radical (unpaired) electrons. The number of carbonyl (C=O) groups is 1. The van der Waals surface area contributed by atoms with E-state index in [1.165, 1.54) is 0 Å². The van der Waals surface area contributed by atoms with Crippen LogP contribution in [0.25, 0.3) is 5.52 Å². The van der Waals surface area contributed by atoms with Crippen LogP contribution < -0.4 is 9.47 Å². The van der Waals surface area contributed by atoms with Gasteiger partial charge in [0.05, 0.1) is 18.3 Å². The molecular weight excluding hydrogens is 482 g/mol. The summed E-state index contributed by atoms with van der Waals surface area (Å²) in [6.07, 6.45) is 3.74. The number of methoxy groups -OCH3 is 1. The highest BCUT2D eigenvalue weighted by Crippen LogP contribution is 2.33. The van der Waals surface area contributed by atoms with Gasteiger partial charge in [-0.15, -0.1) is 0 Å². The summed E-state index contributed by atoms with van der Waals surface area (Å²) in [5, 5.41) is 4.76. The predicted octanol–water partition coefficient (Wildman–Crippen LogP) is 5.60. The smallest absolute Gasteiger partial charge is 0.223 e. The third-order valence-corrected chi connectivity index (χ3v) is 5.96. The van der Waals surface area contributed by atoms with Gasteiger partial charge < -0.3 is 14.4 Å². The minimum absolute atomic E-state index is 0.0986. The number of rotatable bonds is 6. The topological polar surface area (TPSA) is 56.1 Å². The van der Waals surface area contributed by atoms with Crippen LogP contribution in [0.5, 0.6) is 11.5 Å². The first kappa shape index (κ1) is 23.4. The Labute approximate surface area is 196 Å². The van der Waals surface area contributed by atoms with Crippen molar-refractivity contribution >= 4 is 39.0 Å². The quantitative estimate of drug-likeness (QED) is 0.435. The molecule has 0 aliphatic carbocycles. The van der Waals surface area contributed by atoms with Crippen LogP contribution in [0.4, 0.5) is 0 Å². The minimum atomic E-state index is -0.149. The maximum Gasteiger partial charge on any atom is 0.223 e. The molecule has 166 valence electrons. The number of carbonyl (C=O) groups excluding carboxylic acids is 1. The molecule has 2 aromatic heterocycles. The lowest BCUT2D eigenvalue weighted by molar-refractivity contribution is -0.128. The maximum atomic E-state index is 12.6. The summed E-state index contributed by atoms with van der Waals surface area (Å²) in [5.74, 6) is 1.69. The SMILES string of the molecule is CC.COc1ccc(CN2CC(C(C)Oc3cc(Br)cn4ncc(Cl)c34)CC2=O)cc1. The van der Waals surface area contributed by atoms with Gasteiger partial charge in [0.25, 0.3) is 0 Å². The molecule has 2 unspecified atom stereocenters. The number of nitrogens with zero attached hydrogens (tertiary/aromatic N) is 3. The standard InChI is InChI=1S/C21H21BrClN3O3.C2H6/c1-13(29-19-8-16(22)12-26-21(19)18(23)9-24-26)15-7-20(27)25(11-15)10-14-3-5-17(28-2)6-4-14;1-2/h3-6,8-9,12-13,15H,7,10-11H2,1-2H3;1-2H3. The molecule has 31 heavy (non-hydrogen) atoms. The van der Waals surface area contributed by atoms with E-state index in [1.54, 1.807) is 17.8 Å². The molecule has 4 rings (SSSR count). The second-order valence-electron chi connectivity index (χ2n) is 7.22. The lowest BCUT2D eigenvalue weighted by atomic mass is 10.0. The fourth-order valence-electron chi connectivity index (χ4n) is 3.62. The third-order valence-electron chi connectivity index (χ3n) is 5.25. The van der Waals surface area contributed by atoms with Crippen molar-refractivity contribution in [3.8, 4) is 11.5 Å². The molecule has 0 bridgehead atoms. The monoisotopic (exact) mass is 507 g/mol. The van der Waals surface area contributed by atoms with E-state index in [0.717, 1.165) is 21.3 Å². The lowest BCUT2D eigenvalue weighted by Crippen LogP contribution is -2.28. The van der Waals surface area contributed by atoms with Crippen molar-refractivity contribution < 1.29 is 14.3 Å². The van der Waals surface area contributed by atoms with Crippen LogP contribution in [-0.2, 0) is 11.3 Å². The Bertz CT molecular complexity index is 1040. The Morgan fingerprint density at radius 1 is 1.29 bits per heavy atom. The van der Waals surface area contributed by atoms with Gasteiger partial charge in [0.15, 0.2) is 0 Å². The molecule has 8 heteroatoms. The zero-order valence-electron chi connectivity index (χ0n) is 18.1. The second-order valence-corrected chi connectivity index (χ2v) is 8.54. The van der Waals surface area contributed by atoms with Gasteiger partial charge in [-0.1, -0.05) is 37.6 Å². The van der Waals surface area contributed by atoms with Crippen molar-refractivity contribution in [3.05, 3.63) is 57.8 Å². The molecule has 2 atom stereocenters. The van der Waals surface area contributed by atoms with Gasteiger partial charge >= 0.3 is 0 Å². The number of benzene rings is 1. The summed E-state index contributed by atoms with van der Waals surface area (Å²) < 4.78 is 14.0. The van der Waals surface area contributed by atoms with E-state index in [9.17, 15) is 4.79 Å². The zero-order chi connectivity index (χ0) is 22.5. The highest BCUT2D eigenvalue weighted by Gasteiger charge is 2.34. The van der Waals surface area contributed by atoms with Crippen molar-refractivity contribution in [2.24, 2.45) is 5.92 Å². The van der Waals surface area contributed by atoms with Crippen molar-refractivity contribution in [1.82, 2.24) is 14.5 Å². The molecule has 3 aromatic rings. The molecule has 1 aliphatic heterocycles. The molecule has 0 N–H and O–H groups in total. The van der Waals surface area contributed by atoms with Gasteiger partial charge in [-0.3, -0.25) is 4.79 Å². The first-order chi connectivity index (χ1) is 14.9. The van der Waals surface area contributed by atoms with E-state index in [2.05, 4.69) is 21.0 Å². The summed E-state index contributed by atoms with van der Waals surface area (Å²) in [7, 11) is 1.64. The van der Waals surface area contributed by atoms with E-state index in [0.29, 0.717) is 30.3 Å². The fourth-order valence-corrected chi connectivity index (χ4v) is 4.25. The van der Waals surface area contributed by atoms with Gasteiger partial charge in [-0.05, 0) is 46.6 Å². The highest BCUT2D eigenvalue weighted by molar-refractivity contribution is 9.10. The van der Waals surface area contributed by atoms with Crippen molar-refractivity contribution in [3.63, 3.8) is 0 Å². The molecule has 1 amide bonds. The fraction of sp³-hybridized carbons (Fsp3) is 0.391. The molecule has 1 aromatic carbocycles. The Morgan fingerprint density at radius 3 is 2.68 bits per heavy atom. The van der Waals surface area contributed by atoms with Gasteiger partial charge in [0.1, 0.15) is 23.1 Å². The number of halogens is 2. The highest BCUT2D eigenvalue weighted by atomic mass is 79.9. The molecule has 6 nitrogen and oxygen atoms in total. The van der Waals surface area contributed by atoms with Gasteiger partial charge in [-0.25, -0.2) is 4.52 Å². The summed E-state index contributed by atoms with van der Waals surface area (Å²) in [4.78, 5) is 14.4. The molecule has 3 heterocycles. The summed E-state index contributed by atoms with van der Waals surface area (Å²) in [6.45, 7) is 7.24. The van der Waals surface area contributed by atoms with Gasteiger partial charge in [-0.2, -0.15) is 5.10 Å². The first-order valence-corrected chi connectivity index (χ1v) is 11.5. The van der Waals surface area contributed by atoms with Crippen LogP contribution in [0.3, 0.4) is 0 Å². The summed E-state index contributed by atoms with van der Waals surface area (Å²) in [5.41, 5.74) is 1.80. The van der Waals surface area contributed by atoms with Crippen molar-refractivity contribution in [2.45, 2.75) is 39.8 Å². The molecule has 0 saturated carbocycles. The Balaban J connectivity index is 0.00000132. The third kappa shape index (κ3) is 5.33. The molecular formula is C23H27BrClN3O3. The summed E-state index contributed by atoms with van der Waals surface area (Å²) in [6, 6.07) is 9.67. The lowest BCUT2D eigenvalue weighted by Gasteiger charge is -2.22. The van der Waals surface area contributed by atoms with E-state index in [1.807, 2.05) is 62.2 Å². The van der Waals surface area contributed by atoms with Crippen molar-refractivity contribution in [1.29, 1.82) is 0 Å². The Kier molecular flexibility index (Phi) is 7.84. The number of pyridine rings is 1. The number of aromatic nitrogens is 2. The van der Waals surface area contributed by atoms with Crippen molar-refractivity contribution in [2.75, 3.05) is 13.7 Å². The second kappa shape index (κ2) is 10.4. The number of likely N-dealkylation sites (tertiary alicyclic amines) is 1. The average Bonchev–Trinajstić information content (AvgIpc) is 3.32. The largest absolute Gasteiger partial charge is 0.497 e. The normalized spacial score (nSPS) is 16.8. The number of hydrogen-bond acceptors (Lipinski definition) is 4.